The number of rotatable bonds is 63. The number of carbonyl (C=O) groups excluding carboxylic acids is 3. The lowest BCUT2D eigenvalue weighted by molar-refractivity contribution is -0.167. The summed E-state index contributed by atoms with van der Waals surface area (Å²) in [6, 6.07) is 0. The molecule has 6 nitrogen and oxygen atoms in total. The van der Waals surface area contributed by atoms with E-state index in [-0.39, 0.29) is 31.1 Å². The minimum absolute atomic E-state index is 0.0851. The van der Waals surface area contributed by atoms with Crippen molar-refractivity contribution >= 4 is 17.9 Å². The van der Waals surface area contributed by atoms with Crippen LogP contribution in [0.1, 0.15) is 348 Å². The average molecular weight is 1120 g/mol. The molecule has 0 amide bonds. The molecule has 0 radical (unpaired) electrons. The van der Waals surface area contributed by atoms with Crippen LogP contribution in [0, 0.1) is 0 Å². The van der Waals surface area contributed by atoms with Crippen molar-refractivity contribution in [3.63, 3.8) is 0 Å². The molecule has 0 aromatic heterocycles. The maximum Gasteiger partial charge on any atom is 0.306 e. The Kier molecular flexibility index (Phi) is 65.2. The highest BCUT2D eigenvalue weighted by Gasteiger charge is 2.19. The SMILES string of the molecule is CC/C=C\C/C=C\C/C=C\C/C=C\CCCCCCCCC(=O)OC(COC(=O)CCCCCCC/C=C\C/C=C\CCCCCC)COC(=O)CCCCCCCCCCCCCCCCC/C=C\CCCCCCCCCC. The molecule has 0 fully saturated rings. The summed E-state index contributed by atoms with van der Waals surface area (Å²) in [7, 11) is 0. The molecule has 0 saturated heterocycles. The molecule has 0 aliphatic carbocycles. The monoisotopic (exact) mass is 1110 g/mol. The molecule has 0 N–H and O–H groups in total. The van der Waals surface area contributed by atoms with Crippen molar-refractivity contribution < 1.29 is 28.6 Å². The molecule has 0 heterocycles. The molecular formula is C74H130O6. The summed E-state index contributed by atoms with van der Waals surface area (Å²) >= 11 is 0. The number of hydrogen-bond acceptors (Lipinski definition) is 6. The molecule has 80 heavy (non-hydrogen) atoms. The highest BCUT2D eigenvalue weighted by atomic mass is 16.6. The van der Waals surface area contributed by atoms with E-state index in [2.05, 4.69) is 106 Å². The predicted octanol–water partition coefficient (Wildman–Crippen LogP) is 23.8. The van der Waals surface area contributed by atoms with Crippen LogP contribution >= 0.6 is 0 Å². The van der Waals surface area contributed by atoms with Gasteiger partial charge >= 0.3 is 17.9 Å². The van der Waals surface area contributed by atoms with Crippen LogP contribution in [0.4, 0.5) is 0 Å². The second-order valence-electron chi connectivity index (χ2n) is 23.1. The smallest absolute Gasteiger partial charge is 0.306 e. The van der Waals surface area contributed by atoms with Gasteiger partial charge in [0.2, 0.25) is 0 Å². The zero-order valence-corrected chi connectivity index (χ0v) is 53.1. The number of allylic oxidation sites excluding steroid dienone is 14. The van der Waals surface area contributed by atoms with Gasteiger partial charge in [0, 0.05) is 19.3 Å². The molecule has 0 aromatic carbocycles. The number of carbonyl (C=O) groups is 3. The summed E-state index contributed by atoms with van der Waals surface area (Å²) in [5.41, 5.74) is 0. The van der Waals surface area contributed by atoms with Crippen molar-refractivity contribution in [3.8, 4) is 0 Å². The lowest BCUT2D eigenvalue weighted by Crippen LogP contribution is -2.30. The molecule has 0 aliphatic rings. The predicted molar refractivity (Wildman–Crippen MR) is 348 cm³/mol. The van der Waals surface area contributed by atoms with Crippen LogP contribution in [0.3, 0.4) is 0 Å². The van der Waals surface area contributed by atoms with Gasteiger partial charge in [-0.3, -0.25) is 14.4 Å². The Bertz CT molecular complexity index is 1520. The van der Waals surface area contributed by atoms with E-state index in [1.165, 1.54) is 193 Å². The first-order valence-electron chi connectivity index (χ1n) is 34.6. The molecular weight excluding hydrogens is 985 g/mol. The fourth-order valence-corrected chi connectivity index (χ4v) is 9.93. The van der Waals surface area contributed by atoms with Gasteiger partial charge in [-0.05, 0) is 116 Å². The Morgan fingerprint density at radius 3 is 0.787 bits per heavy atom. The number of esters is 3. The Labute approximate surface area is 496 Å². The van der Waals surface area contributed by atoms with E-state index >= 15 is 0 Å². The topological polar surface area (TPSA) is 78.9 Å². The minimum Gasteiger partial charge on any atom is -0.462 e. The second kappa shape index (κ2) is 68.1. The zero-order valence-electron chi connectivity index (χ0n) is 53.1. The minimum atomic E-state index is -0.792. The van der Waals surface area contributed by atoms with Crippen LogP contribution in [0.25, 0.3) is 0 Å². The Morgan fingerprint density at radius 1 is 0.263 bits per heavy atom. The summed E-state index contributed by atoms with van der Waals surface area (Å²) < 4.78 is 17.0. The fourth-order valence-electron chi connectivity index (χ4n) is 9.93. The van der Waals surface area contributed by atoms with Gasteiger partial charge < -0.3 is 14.2 Å². The summed E-state index contributed by atoms with van der Waals surface area (Å²) in [4.78, 5) is 38.4. The van der Waals surface area contributed by atoms with Crippen LogP contribution in [0.15, 0.2) is 85.1 Å². The normalized spacial score (nSPS) is 12.6. The third kappa shape index (κ3) is 65.4. The third-order valence-electron chi connectivity index (χ3n) is 15.1. The summed E-state index contributed by atoms with van der Waals surface area (Å²) in [5, 5.41) is 0. The van der Waals surface area contributed by atoms with Crippen molar-refractivity contribution in [1.82, 2.24) is 0 Å². The van der Waals surface area contributed by atoms with E-state index < -0.39 is 6.10 Å². The zero-order chi connectivity index (χ0) is 57.8. The van der Waals surface area contributed by atoms with Crippen LogP contribution in [0.5, 0.6) is 0 Å². The van der Waals surface area contributed by atoms with Gasteiger partial charge in [0.1, 0.15) is 13.2 Å². The van der Waals surface area contributed by atoms with Crippen LogP contribution in [0.2, 0.25) is 0 Å². The van der Waals surface area contributed by atoms with Crippen molar-refractivity contribution in [2.45, 2.75) is 354 Å². The Hall–Kier alpha value is -3.41. The number of hydrogen-bond donors (Lipinski definition) is 0. The molecule has 0 spiro atoms. The Morgan fingerprint density at radius 2 is 0.487 bits per heavy atom. The van der Waals surface area contributed by atoms with E-state index in [0.717, 1.165) is 116 Å². The molecule has 0 aliphatic heterocycles. The molecule has 1 unspecified atom stereocenters. The second-order valence-corrected chi connectivity index (χ2v) is 23.1. The van der Waals surface area contributed by atoms with Crippen LogP contribution in [-0.2, 0) is 28.6 Å². The van der Waals surface area contributed by atoms with Gasteiger partial charge in [0.15, 0.2) is 6.10 Å². The van der Waals surface area contributed by atoms with E-state index in [4.69, 9.17) is 14.2 Å². The van der Waals surface area contributed by atoms with Gasteiger partial charge in [-0.25, -0.2) is 0 Å². The van der Waals surface area contributed by atoms with Crippen LogP contribution < -0.4 is 0 Å². The lowest BCUT2D eigenvalue weighted by Gasteiger charge is -2.18. The number of unbranched alkanes of at least 4 members (excludes halogenated alkanes) is 38. The third-order valence-corrected chi connectivity index (χ3v) is 15.1. The van der Waals surface area contributed by atoms with E-state index in [9.17, 15) is 14.4 Å². The molecule has 0 saturated carbocycles. The molecule has 1 atom stereocenters. The highest BCUT2D eigenvalue weighted by Crippen LogP contribution is 2.17. The fraction of sp³-hybridized carbons (Fsp3) is 0.770. The van der Waals surface area contributed by atoms with Crippen molar-refractivity contribution in [3.05, 3.63) is 85.1 Å². The highest BCUT2D eigenvalue weighted by molar-refractivity contribution is 5.71. The largest absolute Gasteiger partial charge is 0.462 e. The maximum absolute atomic E-state index is 12.9. The number of ether oxygens (including phenoxy) is 3. The molecule has 0 aromatic rings. The summed E-state index contributed by atoms with van der Waals surface area (Å²) in [6.45, 7) is 6.53. The van der Waals surface area contributed by atoms with E-state index in [0.29, 0.717) is 19.3 Å². The Balaban J connectivity index is 4.32. The van der Waals surface area contributed by atoms with E-state index in [1.807, 2.05) is 0 Å². The maximum atomic E-state index is 12.9. The summed E-state index contributed by atoms with van der Waals surface area (Å²) in [5.74, 6) is -0.897. The van der Waals surface area contributed by atoms with Crippen molar-refractivity contribution in [2.24, 2.45) is 0 Å². The summed E-state index contributed by atoms with van der Waals surface area (Å²) in [6.07, 6.45) is 90.3. The first-order chi connectivity index (χ1) is 39.5. The average Bonchev–Trinajstić information content (AvgIpc) is 3.46. The lowest BCUT2D eigenvalue weighted by atomic mass is 10.0. The molecule has 0 bridgehead atoms. The quantitative estimate of drug-likeness (QED) is 0.0261. The molecule has 0 rings (SSSR count). The first-order valence-corrected chi connectivity index (χ1v) is 34.6. The van der Waals surface area contributed by atoms with Gasteiger partial charge in [-0.15, -0.1) is 0 Å². The van der Waals surface area contributed by atoms with Crippen molar-refractivity contribution in [1.29, 1.82) is 0 Å². The van der Waals surface area contributed by atoms with E-state index in [1.54, 1.807) is 0 Å². The first kappa shape index (κ1) is 76.6. The molecule has 6 heteroatoms. The van der Waals surface area contributed by atoms with Crippen molar-refractivity contribution in [2.75, 3.05) is 13.2 Å². The van der Waals surface area contributed by atoms with Crippen LogP contribution in [-0.4, -0.2) is 37.2 Å². The van der Waals surface area contributed by atoms with Gasteiger partial charge in [0.05, 0.1) is 0 Å². The molecule has 462 valence electrons. The van der Waals surface area contributed by atoms with Gasteiger partial charge in [-0.1, -0.05) is 298 Å². The van der Waals surface area contributed by atoms with Gasteiger partial charge in [0.25, 0.3) is 0 Å². The van der Waals surface area contributed by atoms with Gasteiger partial charge in [-0.2, -0.15) is 0 Å². The standard InChI is InChI=1S/C74H130O6/c1-4-7-10-13-16-19-22-25-28-31-33-34-35-36-37-38-39-40-42-43-46-49-52-55-58-61-64-67-73(76)79-70-71(69-78-72(75)66-63-60-57-54-51-48-45-30-27-24-21-18-15-12-9-6-3)80-74(77)68-65-62-59-56-53-50-47-44-41-32-29-26-23-20-17-14-11-8-5-2/h8,11,17,20-21,24,26,29-31,33,41,44-45,71H,4-7,9-10,12-16,18-19,22-23,25,27-28,32,34-40,42-43,46-70H2,1-3H3/b11-8-,20-17-,24-21-,29-26-,33-31-,44-41-,45-30-.